The van der Waals surface area contributed by atoms with E-state index in [-0.39, 0.29) is 59.2 Å². The number of aliphatic hydroxyl groups excluding tert-OH is 1. The van der Waals surface area contributed by atoms with Crippen LogP contribution in [0.25, 0.3) is 0 Å². The minimum atomic E-state index is -3.09. The number of carbonyl (C=O) groups excluding carboxylic acids is 2. The van der Waals surface area contributed by atoms with Gasteiger partial charge < -0.3 is 43.3 Å². The van der Waals surface area contributed by atoms with Crippen molar-refractivity contribution >= 4 is 12.2 Å². The van der Waals surface area contributed by atoms with Crippen LogP contribution in [0.4, 0.5) is 27.2 Å². The summed E-state index contributed by atoms with van der Waals surface area (Å²) >= 11 is 0. The van der Waals surface area contributed by atoms with Crippen LogP contribution in [0.15, 0.2) is 73.3 Å². The van der Waals surface area contributed by atoms with Gasteiger partial charge in [-0.2, -0.15) is 0 Å². The highest BCUT2D eigenvalue weighted by Crippen LogP contribution is 2.21. The zero-order chi connectivity index (χ0) is 35.5. The largest absolute Gasteiger partial charge is 0.445 e. The van der Waals surface area contributed by atoms with E-state index in [9.17, 15) is 27.2 Å². The highest BCUT2D eigenvalue weighted by atomic mass is 19.3. The number of hydrogen-bond acceptors (Lipinski definition) is 9. The van der Waals surface area contributed by atoms with Crippen LogP contribution >= 0.6 is 0 Å². The smallest absolute Gasteiger partial charge is 0.410 e. The lowest BCUT2D eigenvalue weighted by Gasteiger charge is -2.38. The van der Waals surface area contributed by atoms with Gasteiger partial charge in [0.2, 0.25) is 0 Å². The van der Waals surface area contributed by atoms with E-state index < -0.39 is 62.7 Å². The van der Waals surface area contributed by atoms with Gasteiger partial charge in [0.1, 0.15) is 39.6 Å². The molecule has 2 amide bonds. The molecular weight excluding hydrogens is 656 g/mol. The van der Waals surface area contributed by atoms with Crippen molar-refractivity contribution in [1.29, 1.82) is 0 Å². The summed E-state index contributed by atoms with van der Waals surface area (Å²) in [5.41, 5.74) is 1.77. The number of aliphatic hydroxyl groups is 1. The van der Waals surface area contributed by atoms with E-state index in [0.717, 1.165) is 11.1 Å². The standard InChI is InChI=1S/C17H23F2NO5.C17H21F2NO4/c18-17(19,12-23-8-4-7-21)13-25-15-9-20(10-15)16(22)24-11-14-5-2-1-3-6-14;1-2-8-22-12-17(18,19)13-24-15-9-20(10-15)16(21)23-11-14-6-4-3-5-7-14/h1-3,5-6,15,21H,4,7-13H2;2-7,15H,1,8-13H2. The summed E-state index contributed by atoms with van der Waals surface area (Å²) in [6.45, 7) is 1.79. The molecule has 2 aromatic carbocycles. The third-order valence-electron chi connectivity index (χ3n) is 6.99. The second-order valence-corrected chi connectivity index (χ2v) is 11.4. The van der Waals surface area contributed by atoms with Crippen LogP contribution in [0.2, 0.25) is 0 Å². The van der Waals surface area contributed by atoms with Gasteiger partial charge in [-0.25, -0.2) is 27.2 Å². The van der Waals surface area contributed by atoms with Crippen molar-refractivity contribution in [3.05, 3.63) is 84.4 Å². The predicted octanol–water partition coefficient (Wildman–Crippen LogP) is 4.92. The Morgan fingerprint density at radius 1 is 0.735 bits per heavy atom. The van der Waals surface area contributed by atoms with E-state index in [1.54, 1.807) is 0 Å². The molecule has 2 fully saturated rings. The molecule has 0 aliphatic carbocycles. The minimum absolute atomic E-state index is 0.0695. The quantitative estimate of drug-likeness (QED) is 0.124. The Labute approximate surface area is 283 Å². The molecule has 0 radical (unpaired) electrons. The van der Waals surface area contributed by atoms with Crippen molar-refractivity contribution in [2.75, 3.05) is 72.4 Å². The maximum Gasteiger partial charge on any atom is 0.410 e. The lowest BCUT2D eigenvalue weighted by molar-refractivity contribution is -0.155. The molecule has 0 saturated carbocycles. The van der Waals surface area contributed by atoms with Crippen LogP contribution < -0.4 is 0 Å². The van der Waals surface area contributed by atoms with E-state index >= 15 is 0 Å². The summed E-state index contributed by atoms with van der Waals surface area (Å²) in [7, 11) is 0. The molecule has 2 aliphatic rings. The zero-order valence-corrected chi connectivity index (χ0v) is 27.2. The third kappa shape index (κ3) is 15.6. The van der Waals surface area contributed by atoms with Crippen LogP contribution in [0.1, 0.15) is 17.5 Å². The molecule has 0 spiro atoms. The van der Waals surface area contributed by atoms with Gasteiger partial charge in [0.25, 0.3) is 11.8 Å². The van der Waals surface area contributed by atoms with E-state index in [1.807, 2.05) is 60.7 Å². The molecule has 0 aromatic heterocycles. The first-order valence-electron chi connectivity index (χ1n) is 15.8. The number of amides is 2. The first kappa shape index (κ1) is 39.7. The summed E-state index contributed by atoms with van der Waals surface area (Å²) in [5, 5.41) is 8.55. The molecular formula is C34H44F4N2O9. The lowest BCUT2D eigenvalue weighted by atomic mass is 10.2. The van der Waals surface area contributed by atoms with Gasteiger partial charge in [0.05, 0.1) is 45.0 Å². The summed E-state index contributed by atoms with van der Waals surface area (Å²) in [5.74, 6) is -6.15. The minimum Gasteiger partial charge on any atom is -0.445 e. The molecule has 11 nitrogen and oxygen atoms in total. The maximum atomic E-state index is 13.5. The molecule has 0 atom stereocenters. The second-order valence-electron chi connectivity index (χ2n) is 11.4. The molecule has 2 aliphatic heterocycles. The molecule has 2 saturated heterocycles. The molecule has 1 N–H and O–H groups in total. The number of benzene rings is 2. The summed E-state index contributed by atoms with van der Waals surface area (Å²) in [6, 6.07) is 18.6. The van der Waals surface area contributed by atoms with Gasteiger partial charge in [-0.15, -0.1) is 6.58 Å². The van der Waals surface area contributed by atoms with Crippen LogP contribution in [-0.2, 0) is 41.6 Å². The highest BCUT2D eigenvalue weighted by Gasteiger charge is 2.38. The Bertz CT molecular complexity index is 1250. The molecule has 4 rings (SSSR count). The van der Waals surface area contributed by atoms with Crippen LogP contribution in [0.3, 0.4) is 0 Å². The van der Waals surface area contributed by atoms with Crippen molar-refractivity contribution in [3.63, 3.8) is 0 Å². The fourth-order valence-corrected chi connectivity index (χ4v) is 4.25. The van der Waals surface area contributed by atoms with E-state index in [4.69, 9.17) is 33.5 Å². The number of nitrogens with zero attached hydrogens (tertiary/aromatic N) is 2. The Kier molecular flexibility index (Phi) is 16.7. The number of halogens is 4. The monoisotopic (exact) mass is 700 g/mol. The fraction of sp³-hybridized carbons (Fsp3) is 0.529. The second kappa shape index (κ2) is 20.7. The molecule has 272 valence electrons. The predicted molar refractivity (Wildman–Crippen MR) is 169 cm³/mol. The van der Waals surface area contributed by atoms with Gasteiger partial charge in [-0.1, -0.05) is 66.7 Å². The summed E-state index contributed by atoms with van der Waals surface area (Å²) in [4.78, 5) is 26.4. The number of hydrogen-bond donors (Lipinski definition) is 1. The van der Waals surface area contributed by atoms with E-state index in [0.29, 0.717) is 6.42 Å². The summed E-state index contributed by atoms with van der Waals surface area (Å²) in [6.07, 6.45) is -0.0590. The average Bonchev–Trinajstić information content (AvgIpc) is 3.04. The van der Waals surface area contributed by atoms with Crippen molar-refractivity contribution in [3.8, 4) is 0 Å². The summed E-state index contributed by atoms with van der Waals surface area (Å²) < 4.78 is 84.0. The van der Waals surface area contributed by atoms with Crippen LogP contribution in [0.5, 0.6) is 0 Å². The highest BCUT2D eigenvalue weighted by molar-refractivity contribution is 5.69. The number of carbonyl (C=O) groups is 2. The average molecular weight is 701 g/mol. The normalized spacial score (nSPS) is 15.0. The van der Waals surface area contributed by atoms with Crippen molar-refractivity contribution in [1.82, 2.24) is 9.80 Å². The molecule has 49 heavy (non-hydrogen) atoms. The number of alkyl halides is 4. The van der Waals surface area contributed by atoms with Gasteiger partial charge in [-0.3, -0.25) is 0 Å². The SMILES string of the molecule is C=CCOCC(F)(F)COC1CN(C(=O)OCc2ccccc2)C1.O=C(OCc1ccccc1)N1CC(OCC(F)(F)COCCCO)C1. The molecule has 2 heterocycles. The number of rotatable bonds is 19. The first-order chi connectivity index (χ1) is 23.5. The molecule has 2 aromatic rings. The van der Waals surface area contributed by atoms with Crippen molar-refractivity contribution in [2.24, 2.45) is 0 Å². The maximum absolute atomic E-state index is 13.5. The Morgan fingerprint density at radius 2 is 1.16 bits per heavy atom. The Morgan fingerprint density at radius 3 is 1.57 bits per heavy atom. The van der Waals surface area contributed by atoms with E-state index in [1.165, 1.54) is 15.9 Å². The van der Waals surface area contributed by atoms with Gasteiger partial charge >= 0.3 is 12.2 Å². The van der Waals surface area contributed by atoms with Gasteiger partial charge in [-0.05, 0) is 17.5 Å². The lowest BCUT2D eigenvalue weighted by Crippen LogP contribution is -2.55. The fourth-order valence-electron chi connectivity index (χ4n) is 4.25. The Hall–Kier alpha value is -3.76. The van der Waals surface area contributed by atoms with Crippen molar-refractivity contribution in [2.45, 2.75) is 43.7 Å². The first-order valence-corrected chi connectivity index (χ1v) is 15.8. The number of ether oxygens (including phenoxy) is 6. The van der Waals surface area contributed by atoms with Crippen molar-refractivity contribution < 1.29 is 60.7 Å². The van der Waals surface area contributed by atoms with Crippen LogP contribution in [-0.4, -0.2) is 124 Å². The van der Waals surface area contributed by atoms with E-state index in [2.05, 4.69) is 6.58 Å². The molecule has 0 unspecified atom stereocenters. The van der Waals surface area contributed by atoms with Crippen LogP contribution in [0, 0.1) is 0 Å². The van der Waals surface area contributed by atoms with Gasteiger partial charge in [0.15, 0.2) is 0 Å². The third-order valence-corrected chi connectivity index (χ3v) is 6.99. The molecule has 15 heteroatoms. The van der Waals surface area contributed by atoms with Gasteiger partial charge in [0, 0.05) is 13.2 Å². The Balaban J connectivity index is 0.000000266. The topological polar surface area (TPSA) is 116 Å². The molecule has 0 bridgehead atoms. The zero-order valence-electron chi connectivity index (χ0n) is 27.2. The number of likely N-dealkylation sites (tertiary alicyclic amines) is 2.